The quantitative estimate of drug-likeness (QED) is 0.871. The van der Waals surface area contributed by atoms with Gasteiger partial charge in [-0.25, -0.2) is 4.39 Å². The van der Waals surface area contributed by atoms with Gasteiger partial charge in [0, 0.05) is 31.7 Å². The largest absolute Gasteiger partial charge is 0.351 e. The third kappa shape index (κ3) is 4.74. The monoisotopic (exact) mass is 310 g/mol. The predicted octanol–water partition coefficient (Wildman–Crippen LogP) is 1.80. The zero-order valence-corrected chi connectivity index (χ0v) is 12.8. The number of benzene rings is 1. The van der Waals surface area contributed by atoms with Crippen molar-refractivity contribution in [3.63, 3.8) is 0 Å². The minimum absolute atomic E-state index is 0.00516. The Balaban J connectivity index is 1.86. The van der Waals surface area contributed by atoms with E-state index in [1.807, 2.05) is 6.26 Å². The molecule has 1 heterocycles. The van der Waals surface area contributed by atoms with E-state index in [0.29, 0.717) is 25.9 Å². The van der Waals surface area contributed by atoms with Crippen molar-refractivity contribution in [1.29, 1.82) is 0 Å². The number of halogens is 1. The van der Waals surface area contributed by atoms with Crippen LogP contribution in [0.5, 0.6) is 0 Å². The van der Waals surface area contributed by atoms with Gasteiger partial charge in [0.1, 0.15) is 5.82 Å². The van der Waals surface area contributed by atoms with Crippen molar-refractivity contribution in [2.24, 2.45) is 0 Å². The number of hydrogen-bond donors (Lipinski definition) is 1. The van der Waals surface area contributed by atoms with E-state index in [1.165, 1.54) is 12.1 Å². The van der Waals surface area contributed by atoms with Crippen molar-refractivity contribution < 1.29 is 14.0 Å². The van der Waals surface area contributed by atoms with Gasteiger partial charge in [0.25, 0.3) is 0 Å². The molecular weight excluding hydrogens is 291 g/mol. The molecule has 1 aliphatic rings. The Morgan fingerprint density at radius 1 is 1.52 bits per heavy atom. The SMILES string of the molecule is CSCCC(=O)NC1CC(=O)N(Cc2cccc(F)c2)C1. The lowest BCUT2D eigenvalue weighted by molar-refractivity contribution is -0.128. The first-order chi connectivity index (χ1) is 10.1. The molecule has 1 aromatic rings. The van der Waals surface area contributed by atoms with Crippen molar-refractivity contribution in [3.8, 4) is 0 Å². The molecule has 0 spiro atoms. The van der Waals surface area contributed by atoms with Crippen LogP contribution < -0.4 is 5.32 Å². The molecule has 1 aromatic carbocycles. The molecule has 2 amide bonds. The first kappa shape index (κ1) is 15.8. The lowest BCUT2D eigenvalue weighted by atomic mass is 10.2. The summed E-state index contributed by atoms with van der Waals surface area (Å²) in [6.45, 7) is 0.869. The fourth-order valence-corrected chi connectivity index (χ4v) is 2.76. The van der Waals surface area contributed by atoms with Crippen LogP contribution in [0.15, 0.2) is 24.3 Å². The number of nitrogens with one attached hydrogen (secondary N) is 1. The molecule has 0 aliphatic carbocycles. The highest BCUT2D eigenvalue weighted by Crippen LogP contribution is 2.16. The first-order valence-corrected chi connectivity index (χ1v) is 8.28. The lowest BCUT2D eigenvalue weighted by Gasteiger charge is -2.17. The van der Waals surface area contributed by atoms with E-state index in [-0.39, 0.29) is 23.7 Å². The molecule has 0 aromatic heterocycles. The van der Waals surface area contributed by atoms with E-state index in [0.717, 1.165) is 11.3 Å². The second-order valence-electron chi connectivity index (χ2n) is 5.12. The van der Waals surface area contributed by atoms with Gasteiger partial charge in [-0.2, -0.15) is 11.8 Å². The molecule has 6 heteroatoms. The summed E-state index contributed by atoms with van der Waals surface area (Å²) in [5, 5.41) is 2.88. The van der Waals surface area contributed by atoms with Gasteiger partial charge in [0.15, 0.2) is 0 Å². The highest BCUT2D eigenvalue weighted by molar-refractivity contribution is 7.98. The van der Waals surface area contributed by atoms with Crippen molar-refractivity contribution in [3.05, 3.63) is 35.6 Å². The second kappa shape index (κ2) is 7.45. The summed E-state index contributed by atoms with van der Waals surface area (Å²) in [5.74, 6) is 0.449. The maximum Gasteiger partial charge on any atom is 0.225 e. The fourth-order valence-electron chi connectivity index (χ4n) is 2.37. The fraction of sp³-hybridized carbons (Fsp3) is 0.467. The van der Waals surface area contributed by atoms with Crippen LogP contribution in [0.3, 0.4) is 0 Å². The summed E-state index contributed by atoms with van der Waals surface area (Å²) in [5.41, 5.74) is 0.762. The van der Waals surface area contributed by atoms with Gasteiger partial charge >= 0.3 is 0 Å². The lowest BCUT2D eigenvalue weighted by Crippen LogP contribution is -2.37. The zero-order chi connectivity index (χ0) is 15.2. The third-order valence-corrected chi connectivity index (χ3v) is 3.99. The van der Waals surface area contributed by atoms with E-state index in [9.17, 15) is 14.0 Å². The van der Waals surface area contributed by atoms with E-state index < -0.39 is 0 Å². The van der Waals surface area contributed by atoms with Crippen LogP contribution in [0.25, 0.3) is 0 Å². The molecule has 1 aliphatic heterocycles. The molecule has 4 nitrogen and oxygen atoms in total. The number of carbonyl (C=O) groups is 2. The maximum absolute atomic E-state index is 13.1. The van der Waals surface area contributed by atoms with Gasteiger partial charge in [0.2, 0.25) is 11.8 Å². The minimum Gasteiger partial charge on any atom is -0.351 e. The van der Waals surface area contributed by atoms with E-state index in [2.05, 4.69) is 5.32 Å². The summed E-state index contributed by atoms with van der Waals surface area (Å²) in [6.07, 6.45) is 2.74. The van der Waals surface area contributed by atoms with Crippen LogP contribution in [0, 0.1) is 5.82 Å². The van der Waals surface area contributed by atoms with Crippen molar-refractivity contribution in [1.82, 2.24) is 10.2 Å². The van der Waals surface area contributed by atoms with Crippen LogP contribution in [-0.2, 0) is 16.1 Å². The van der Waals surface area contributed by atoms with Crippen molar-refractivity contribution in [2.75, 3.05) is 18.6 Å². The summed E-state index contributed by atoms with van der Waals surface area (Å²) < 4.78 is 13.1. The Kier molecular flexibility index (Phi) is 5.61. The van der Waals surface area contributed by atoms with E-state index >= 15 is 0 Å². The second-order valence-corrected chi connectivity index (χ2v) is 6.10. The molecule has 0 radical (unpaired) electrons. The zero-order valence-electron chi connectivity index (χ0n) is 12.0. The number of amides is 2. The number of rotatable bonds is 6. The van der Waals surface area contributed by atoms with E-state index in [4.69, 9.17) is 0 Å². The number of hydrogen-bond acceptors (Lipinski definition) is 3. The van der Waals surface area contributed by atoms with Crippen LogP contribution in [0.4, 0.5) is 4.39 Å². The summed E-state index contributed by atoms with van der Waals surface area (Å²) in [4.78, 5) is 25.3. The molecule has 21 heavy (non-hydrogen) atoms. The molecule has 1 N–H and O–H groups in total. The topological polar surface area (TPSA) is 49.4 Å². The number of carbonyl (C=O) groups excluding carboxylic acids is 2. The molecule has 0 saturated carbocycles. The first-order valence-electron chi connectivity index (χ1n) is 6.89. The minimum atomic E-state index is -0.305. The van der Waals surface area contributed by atoms with Crippen molar-refractivity contribution >= 4 is 23.6 Å². The third-order valence-electron chi connectivity index (χ3n) is 3.38. The molecule has 2 rings (SSSR count). The Morgan fingerprint density at radius 3 is 3.05 bits per heavy atom. The van der Waals surface area contributed by atoms with Crippen LogP contribution in [0.2, 0.25) is 0 Å². The Morgan fingerprint density at radius 2 is 2.33 bits per heavy atom. The molecule has 1 fully saturated rings. The van der Waals surface area contributed by atoms with Crippen molar-refractivity contribution in [2.45, 2.75) is 25.4 Å². The molecule has 114 valence electrons. The molecule has 1 atom stereocenters. The molecule has 1 unspecified atom stereocenters. The molecular formula is C15H19FN2O2S. The summed E-state index contributed by atoms with van der Waals surface area (Å²) in [6, 6.07) is 6.09. The smallest absolute Gasteiger partial charge is 0.225 e. The Bertz CT molecular complexity index is 524. The van der Waals surface area contributed by atoms with Gasteiger partial charge in [0.05, 0.1) is 6.04 Å². The maximum atomic E-state index is 13.1. The van der Waals surface area contributed by atoms with E-state index in [1.54, 1.807) is 28.8 Å². The normalized spacial score (nSPS) is 18.1. The number of nitrogens with zero attached hydrogens (tertiary/aromatic N) is 1. The van der Waals surface area contributed by atoms with Gasteiger partial charge in [-0.05, 0) is 24.0 Å². The highest BCUT2D eigenvalue weighted by Gasteiger charge is 2.30. The standard InChI is InChI=1S/C15H19FN2O2S/c1-21-6-5-14(19)17-13-8-15(20)18(10-13)9-11-3-2-4-12(16)7-11/h2-4,7,13H,5-6,8-10H2,1H3,(H,17,19). The predicted molar refractivity (Wildman–Crippen MR) is 81.4 cm³/mol. The summed E-state index contributed by atoms with van der Waals surface area (Å²) in [7, 11) is 0. The number of likely N-dealkylation sites (tertiary alicyclic amines) is 1. The summed E-state index contributed by atoms with van der Waals surface area (Å²) >= 11 is 1.62. The van der Waals surface area contributed by atoms with Gasteiger partial charge in [-0.1, -0.05) is 12.1 Å². The highest BCUT2D eigenvalue weighted by atomic mass is 32.2. The molecule has 1 saturated heterocycles. The van der Waals surface area contributed by atoms with Gasteiger partial charge in [-0.3, -0.25) is 9.59 Å². The van der Waals surface area contributed by atoms with Gasteiger partial charge < -0.3 is 10.2 Å². The van der Waals surface area contributed by atoms with Gasteiger partial charge in [-0.15, -0.1) is 0 Å². The van der Waals surface area contributed by atoms with Crippen LogP contribution >= 0.6 is 11.8 Å². The number of thioether (sulfide) groups is 1. The van der Waals surface area contributed by atoms with Crippen LogP contribution in [0.1, 0.15) is 18.4 Å². The van der Waals surface area contributed by atoms with Crippen LogP contribution in [-0.4, -0.2) is 41.3 Å². The Labute approximate surface area is 128 Å². The molecule has 0 bridgehead atoms. The average Bonchev–Trinajstić information content (AvgIpc) is 2.76. The average molecular weight is 310 g/mol. The Hall–Kier alpha value is -1.56.